The fraction of sp³-hybridized carbons (Fsp3) is 0.412. The van der Waals surface area contributed by atoms with Gasteiger partial charge in [-0.1, -0.05) is 0 Å². The lowest BCUT2D eigenvalue weighted by Gasteiger charge is -2.21. The summed E-state index contributed by atoms with van der Waals surface area (Å²) in [5.41, 5.74) is 1.36. The molecular formula is C17H20N2O3S. The standard InChI is InChI=1S/C17H20N2O3S/c1-12-10-15(13(2)22-12)17(21)19-6-3-5-18(7-8-19)16(20)14-4-9-23-11-14/h4,9-11H,3,5-8H2,1-2H3. The normalized spacial score (nSPS) is 15.6. The summed E-state index contributed by atoms with van der Waals surface area (Å²) in [4.78, 5) is 28.7. The first-order chi connectivity index (χ1) is 11.1. The molecule has 1 aliphatic heterocycles. The Bertz CT molecular complexity index is 706. The average molecular weight is 332 g/mol. The number of aryl methyl sites for hydroxylation is 2. The molecule has 23 heavy (non-hydrogen) atoms. The molecule has 0 bridgehead atoms. The number of carbonyl (C=O) groups excluding carboxylic acids is 2. The van der Waals surface area contributed by atoms with Gasteiger partial charge in [-0.3, -0.25) is 9.59 Å². The SMILES string of the molecule is Cc1cc(C(=O)N2CCCN(C(=O)c3ccsc3)CC2)c(C)o1. The van der Waals surface area contributed by atoms with Crippen molar-refractivity contribution in [3.8, 4) is 0 Å². The van der Waals surface area contributed by atoms with E-state index in [1.807, 2.05) is 40.5 Å². The number of hydrogen-bond acceptors (Lipinski definition) is 4. The molecule has 5 nitrogen and oxygen atoms in total. The number of rotatable bonds is 2. The number of thiophene rings is 1. The first-order valence-corrected chi connectivity index (χ1v) is 8.68. The molecule has 3 heterocycles. The maximum absolute atomic E-state index is 12.7. The predicted octanol–water partition coefficient (Wildman–Crippen LogP) is 2.95. The van der Waals surface area contributed by atoms with Crippen LogP contribution in [0.15, 0.2) is 27.3 Å². The quantitative estimate of drug-likeness (QED) is 0.849. The van der Waals surface area contributed by atoms with Crippen LogP contribution >= 0.6 is 11.3 Å². The Morgan fingerprint density at radius 2 is 1.78 bits per heavy atom. The van der Waals surface area contributed by atoms with E-state index in [1.54, 1.807) is 6.07 Å². The molecule has 2 aromatic rings. The minimum Gasteiger partial charge on any atom is -0.466 e. The molecule has 3 rings (SSSR count). The van der Waals surface area contributed by atoms with Crippen molar-refractivity contribution in [3.05, 3.63) is 45.5 Å². The topological polar surface area (TPSA) is 53.8 Å². The van der Waals surface area contributed by atoms with Gasteiger partial charge in [-0.05, 0) is 37.8 Å². The van der Waals surface area contributed by atoms with E-state index in [-0.39, 0.29) is 11.8 Å². The third kappa shape index (κ3) is 3.32. The second-order valence-corrected chi connectivity index (χ2v) is 6.56. The van der Waals surface area contributed by atoms with Crippen LogP contribution in [-0.2, 0) is 0 Å². The predicted molar refractivity (Wildman–Crippen MR) is 88.9 cm³/mol. The summed E-state index contributed by atoms with van der Waals surface area (Å²) in [6.45, 7) is 6.12. The molecule has 0 spiro atoms. The minimum absolute atomic E-state index is 0.0100. The van der Waals surface area contributed by atoms with Crippen molar-refractivity contribution in [1.82, 2.24) is 9.80 Å². The Kier molecular flexibility index (Phi) is 4.52. The van der Waals surface area contributed by atoms with Gasteiger partial charge in [0.15, 0.2) is 0 Å². The van der Waals surface area contributed by atoms with Gasteiger partial charge in [0, 0.05) is 31.6 Å². The molecule has 0 radical (unpaired) electrons. The Balaban J connectivity index is 1.68. The zero-order valence-corrected chi connectivity index (χ0v) is 14.2. The van der Waals surface area contributed by atoms with Crippen LogP contribution in [0.1, 0.15) is 38.7 Å². The smallest absolute Gasteiger partial charge is 0.257 e. The molecule has 0 aliphatic carbocycles. The fourth-order valence-electron chi connectivity index (χ4n) is 2.91. The van der Waals surface area contributed by atoms with Gasteiger partial charge >= 0.3 is 0 Å². The second-order valence-electron chi connectivity index (χ2n) is 5.78. The van der Waals surface area contributed by atoms with Crippen LogP contribution < -0.4 is 0 Å². The van der Waals surface area contributed by atoms with E-state index in [9.17, 15) is 9.59 Å². The van der Waals surface area contributed by atoms with Gasteiger partial charge < -0.3 is 14.2 Å². The third-order valence-corrected chi connectivity index (χ3v) is 4.79. The van der Waals surface area contributed by atoms with E-state index in [2.05, 4.69) is 0 Å². The molecule has 0 saturated carbocycles. The average Bonchev–Trinajstić information content (AvgIpc) is 3.09. The maximum atomic E-state index is 12.7. The van der Waals surface area contributed by atoms with Crippen molar-refractivity contribution in [3.63, 3.8) is 0 Å². The van der Waals surface area contributed by atoms with Crippen molar-refractivity contribution in [1.29, 1.82) is 0 Å². The minimum atomic E-state index is -0.0100. The number of carbonyl (C=O) groups is 2. The van der Waals surface area contributed by atoms with Crippen LogP contribution in [0, 0.1) is 13.8 Å². The molecule has 122 valence electrons. The largest absolute Gasteiger partial charge is 0.466 e. The van der Waals surface area contributed by atoms with E-state index in [4.69, 9.17) is 4.42 Å². The van der Waals surface area contributed by atoms with Crippen LogP contribution in [0.25, 0.3) is 0 Å². The second kappa shape index (κ2) is 6.58. The Morgan fingerprint density at radius 1 is 1.09 bits per heavy atom. The lowest BCUT2D eigenvalue weighted by molar-refractivity contribution is 0.0718. The third-order valence-electron chi connectivity index (χ3n) is 4.11. The highest BCUT2D eigenvalue weighted by Crippen LogP contribution is 2.18. The lowest BCUT2D eigenvalue weighted by Crippen LogP contribution is -2.37. The van der Waals surface area contributed by atoms with E-state index in [0.717, 1.165) is 17.7 Å². The molecule has 1 aliphatic rings. The highest BCUT2D eigenvalue weighted by atomic mass is 32.1. The monoisotopic (exact) mass is 332 g/mol. The van der Waals surface area contributed by atoms with Crippen molar-refractivity contribution in [2.45, 2.75) is 20.3 Å². The first kappa shape index (κ1) is 15.8. The molecule has 0 atom stereocenters. The number of hydrogen-bond donors (Lipinski definition) is 0. The fourth-order valence-corrected chi connectivity index (χ4v) is 3.54. The summed E-state index contributed by atoms with van der Waals surface area (Å²) < 4.78 is 5.46. The molecule has 0 N–H and O–H groups in total. The van der Waals surface area contributed by atoms with Gasteiger partial charge in [0.25, 0.3) is 11.8 Å². The zero-order chi connectivity index (χ0) is 16.4. The molecule has 2 amide bonds. The summed E-state index contributed by atoms with van der Waals surface area (Å²) in [5.74, 6) is 1.44. The summed E-state index contributed by atoms with van der Waals surface area (Å²) in [5, 5.41) is 3.78. The van der Waals surface area contributed by atoms with Gasteiger partial charge in [-0.2, -0.15) is 11.3 Å². The highest BCUT2D eigenvalue weighted by molar-refractivity contribution is 7.08. The van der Waals surface area contributed by atoms with Crippen LogP contribution in [0.5, 0.6) is 0 Å². The summed E-state index contributed by atoms with van der Waals surface area (Å²) in [6, 6.07) is 3.63. The van der Waals surface area contributed by atoms with Crippen LogP contribution in [0.2, 0.25) is 0 Å². The van der Waals surface area contributed by atoms with Gasteiger partial charge in [0.1, 0.15) is 11.5 Å². The van der Waals surface area contributed by atoms with Crippen LogP contribution in [0.4, 0.5) is 0 Å². The Hall–Kier alpha value is -2.08. The molecular weight excluding hydrogens is 312 g/mol. The molecule has 2 aromatic heterocycles. The highest BCUT2D eigenvalue weighted by Gasteiger charge is 2.25. The summed E-state index contributed by atoms with van der Waals surface area (Å²) >= 11 is 1.52. The van der Waals surface area contributed by atoms with E-state index in [0.29, 0.717) is 37.5 Å². The molecule has 0 aromatic carbocycles. The summed E-state index contributed by atoms with van der Waals surface area (Å²) in [7, 11) is 0. The summed E-state index contributed by atoms with van der Waals surface area (Å²) in [6.07, 6.45) is 0.789. The number of furan rings is 1. The zero-order valence-electron chi connectivity index (χ0n) is 13.4. The van der Waals surface area contributed by atoms with E-state index < -0.39 is 0 Å². The van der Waals surface area contributed by atoms with E-state index >= 15 is 0 Å². The maximum Gasteiger partial charge on any atom is 0.257 e. The van der Waals surface area contributed by atoms with Crippen molar-refractivity contribution in [2.24, 2.45) is 0 Å². The lowest BCUT2D eigenvalue weighted by atomic mass is 10.2. The van der Waals surface area contributed by atoms with Crippen molar-refractivity contribution < 1.29 is 14.0 Å². The molecule has 0 unspecified atom stereocenters. The molecule has 1 fully saturated rings. The van der Waals surface area contributed by atoms with Crippen molar-refractivity contribution >= 4 is 23.2 Å². The number of amides is 2. The van der Waals surface area contributed by atoms with E-state index in [1.165, 1.54) is 11.3 Å². The Morgan fingerprint density at radius 3 is 2.35 bits per heavy atom. The van der Waals surface area contributed by atoms with Gasteiger partial charge in [-0.25, -0.2) is 0 Å². The molecule has 6 heteroatoms. The van der Waals surface area contributed by atoms with Crippen molar-refractivity contribution in [2.75, 3.05) is 26.2 Å². The van der Waals surface area contributed by atoms with Gasteiger partial charge in [-0.15, -0.1) is 0 Å². The van der Waals surface area contributed by atoms with Gasteiger partial charge in [0.05, 0.1) is 11.1 Å². The Labute approximate surface area is 139 Å². The molecule has 1 saturated heterocycles. The van der Waals surface area contributed by atoms with Crippen LogP contribution in [0.3, 0.4) is 0 Å². The number of nitrogens with zero attached hydrogens (tertiary/aromatic N) is 2. The van der Waals surface area contributed by atoms with Gasteiger partial charge in [0.2, 0.25) is 0 Å². The first-order valence-electron chi connectivity index (χ1n) is 7.74. The van der Waals surface area contributed by atoms with Crippen LogP contribution in [-0.4, -0.2) is 47.8 Å².